The summed E-state index contributed by atoms with van der Waals surface area (Å²) < 4.78 is 10.3. The van der Waals surface area contributed by atoms with Gasteiger partial charge in [-0.1, -0.05) is 42.5 Å². The highest BCUT2D eigenvalue weighted by atomic mass is 16.6. The molecule has 0 aromatic heterocycles. The normalized spacial score (nSPS) is 18.5. The van der Waals surface area contributed by atoms with Gasteiger partial charge in [-0.05, 0) is 37.8 Å². The number of carbonyl (C=O) groups is 2. The molecule has 0 spiro atoms. The number of carbonyl (C=O) groups excluding carboxylic acids is 2. The molecule has 3 rings (SSSR count). The van der Waals surface area contributed by atoms with Gasteiger partial charge in [0, 0.05) is 23.8 Å². The van der Waals surface area contributed by atoms with E-state index in [-0.39, 0.29) is 30.7 Å². The zero-order chi connectivity index (χ0) is 25.5. The van der Waals surface area contributed by atoms with Crippen molar-refractivity contribution in [3.05, 3.63) is 87.1 Å². The van der Waals surface area contributed by atoms with Gasteiger partial charge < -0.3 is 14.6 Å². The summed E-state index contributed by atoms with van der Waals surface area (Å²) in [5.74, 6) is -3.15. The zero-order valence-electron chi connectivity index (χ0n) is 19.8. The molecule has 0 amide bonds. The number of aliphatic imine (C=N–C) groups is 1. The molecule has 0 aliphatic carbocycles. The highest BCUT2D eigenvalue weighted by molar-refractivity contribution is 6.07. The van der Waals surface area contributed by atoms with Crippen molar-refractivity contribution in [3.8, 4) is 0 Å². The van der Waals surface area contributed by atoms with Crippen LogP contribution < -0.4 is 0 Å². The van der Waals surface area contributed by atoms with E-state index >= 15 is 0 Å². The Hall–Kier alpha value is -3.85. The SMILES string of the molecule is CCOC(=O)C1C(C)=NC(CCC(O)c2ccccc2)=C(C(=O)OC)C1c1cccc([N+](=O)[O-])c1. The molecular weight excluding hydrogens is 452 g/mol. The van der Waals surface area contributed by atoms with Gasteiger partial charge in [0.05, 0.1) is 36.0 Å². The van der Waals surface area contributed by atoms with Crippen LogP contribution in [-0.2, 0) is 19.1 Å². The molecule has 0 saturated carbocycles. The molecule has 0 bridgehead atoms. The molecule has 2 aromatic rings. The van der Waals surface area contributed by atoms with Crippen LogP contribution in [0.4, 0.5) is 5.69 Å². The number of aliphatic hydroxyl groups is 1. The maximum atomic E-state index is 13.0. The molecule has 9 nitrogen and oxygen atoms in total. The fourth-order valence-electron chi connectivity index (χ4n) is 4.32. The molecule has 0 fully saturated rings. The number of hydrogen-bond acceptors (Lipinski definition) is 8. The molecule has 1 aliphatic rings. The number of non-ortho nitro benzene ring substituents is 1. The predicted molar refractivity (Wildman–Crippen MR) is 129 cm³/mol. The average Bonchev–Trinajstić information content (AvgIpc) is 2.86. The average molecular weight is 481 g/mol. The predicted octanol–water partition coefficient (Wildman–Crippen LogP) is 4.27. The van der Waals surface area contributed by atoms with E-state index in [1.165, 1.54) is 25.3 Å². The molecule has 1 heterocycles. The summed E-state index contributed by atoms with van der Waals surface area (Å²) >= 11 is 0. The number of nitrogens with zero attached hydrogens (tertiary/aromatic N) is 2. The number of nitro groups is 1. The maximum Gasteiger partial charge on any atom is 0.336 e. The second-order valence-electron chi connectivity index (χ2n) is 8.13. The molecule has 0 saturated heterocycles. The van der Waals surface area contributed by atoms with Crippen LogP contribution in [0.15, 0.2) is 70.9 Å². The Morgan fingerprint density at radius 2 is 1.89 bits per heavy atom. The van der Waals surface area contributed by atoms with Crippen molar-refractivity contribution in [1.82, 2.24) is 0 Å². The van der Waals surface area contributed by atoms with Crippen LogP contribution in [0.3, 0.4) is 0 Å². The summed E-state index contributed by atoms with van der Waals surface area (Å²) in [6, 6.07) is 14.9. The van der Waals surface area contributed by atoms with Gasteiger partial charge in [-0.2, -0.15) is 0 Å². The van der Waals surface area contributed by atoms with Crippen molar-refractivity contribution in [2.45, 2.75) is 38.7 Å². The Morgan fingerprint density at radius 3 is 2.51 bits per heavy atom. The summed E-state index contributed by atoms with van der Waals surface area (Å²) in [6.07, 6.45) is -0.307. The number of benzene rings is 2. The Labute approximate surface area is 203 Å². The Morgan fingerprint density at radius 1 is 1.17 bits per heavy atom. The summed E-state index contributed by atoms with van der Waals surface area (Å²) in [5, 5.41) is 22.1. The van der Waals surface area contributed by atoms with E-state index in [2.05, 4.69) is 4.99 Å². The lowest BCUT2D eigenvalue weighted by molar-refractivity contribution is -0.384. The highest BCUT2D eigenvalue weighted by Gasteiger charge is 2.43. The van der Waals surface area contributed by atoms with Gasteiger partial charge in [0.25, 0.3) is 5.69 Å². The fraction of sp³-hybridized carbons (Fsp3) is 0.346. The number of methoxy groups -OCH3 is 1. The van der Waals surface area contributed by atoms with Crippen molar-refractivity contribution in [2.75, 3.05) is 13.7 Å². The van der Waals surface area contributed by atoms with Crippen molar-refractivity contribution in [3.63, 3.8) is 0 Å². The van der Waals surface area contributed by atoms with Crippen molar-refractivity contribution >= 4 is 23.3 Å². The molecule has 184 valence electrons. The smallest absolute Gasteiger partial charge is 0.336 e. The number of hydrogen-bond donors (Lipinski definition) is 1. The summed E-state index contributed by atoms with van der Waals surface area (Å²) in [7, 11) is 1.22. The van der Waals surface area contributed by atoms with Crippen LogP contribution in [0.2, 0.25) is 0 Å². The van der Waals surface area contributed by atoms with Crippen molar-refractivity contribution in [1.29, 1.82) is 0 Å². The first kappa shape index (κ1) is 25.8. The number of ether oxygens (including phenoxy) is 2. The number of nitro benzene ring substituents is 1. The highest BCUT2D eigenvalue weighted by Crippen LogP contribution is 2.42. The van der Waals surface area contributed by atoms with E-state index in [0.29, 0.717) is 17.0 Å². The van der Waals surface area contributed by atoms with E-state index in [9.17, 15) is 24.8 Å². The number of esters is 2. The second kappa shape index (κ2) is 11.5. The zero-order valence-corrected chi connectivity index (χ0v) is 19.8. The molecule has 0 radical (unpaired) electrons. The monoisotopic (exact) mass is 480 g/mol. The first-order valence-electron chi connectivity index (χ1n) is 11.3. The Bertz CT molecular complexity index is 1160. The number of aliphatic hydroxyl groups excluding tert-OH is 1. The number of rotatable bonds is 9. The molecule has 35 heavy (non-hydrogen) atoms. The first-order valence-corrected chi connectivity index (χ1v) is 11.3. The van der Waals surface area contributed by atoms with Gasteiger partial charge in [0.15, 0.2) is 0 Å². The standard InChI is InChI=1S/C26H28N2O7/c1-4-35-26(31)22-16(2)27-20(13-14-21(29)17-9-6-5-7-10-17)24(25(30)34-3)23(22)18-11-8-12-19(15-18)28(32)33/h5-12,15,21-23,29H,4,13-14H2,1-3H3. The van der Waals surface area contributed by atoms with Crippen molar-refractivity contribution < 1.29 is 29.1 Å². The van der Waals surface area contributed by atoms with Gasteiger partial charge in [-0.15, -0.1) is 0 Å². The van der Waals surface area contributed by atoms with Gasteiger partial charge in [0.1, 0.15) is 5.92 Å². The lowest BCUT2D eigenvalue weighted by Gasteiger charge is -2.32. The van der Waals surface area contributed by atoms with E-state index < -0.39 is 34.8 Å². The maximum absolute atomic E-state index is 13.0. The third kappa shape index (κ3) is 5.81. The molecule has 1 N–H and O–H groups in total. The van der Waals surface area contributed by atoms with Gasteiger partial charge in [-0.3, -0.25) is 19.9 Å². The van der Waals surface area contributed by atoms with Crippen LogP contribution in [0.1, 0.15) is 49.8 Å². The van der Waals surface area contributed by atoms with E-state index in [4.69, 9.17) is 9.47 Å². The van der Waals surface area contributed by atoms with Crippen LogP contribution in [0.25, 0.3) is 0 Å². The molecule has 1 aliphatic heterocycles. The third-order valence-electron chi connectivity index (χ3n) is 5.94. The fourth-order valence-corrected chi connectivity index (χ4v) is 4.32. The van der Waals surface area contributed by atoms with Crippen LogP contribution in [0, 0.1) is 16.0 Å². The number of allylic oxidation sites excluding steroid dienone is 1. The quantitative estimate of drug-likeness (QED) is 0.322. The van der Waals surface area contributed by atoms with E-state index in [0.717, 1.165) is 5.56 Å². The van der Waals surface area contributed by atoms with Crippen molar-refractivity contribution in [2.24, 2.45) is 10.9 Å². The summed E-state index contributed by atoms with van der Waals surface area (Å²) in [4.78, 5) is 41.5. The van der Waals surface area contributed by atoms with E-state index in [1.807, 2.05) is 18.2 Å². The van der Waals surface area contributed by atoms with Crippen LogP contribution >= 0.6 is 0 Å². The summed E-state index contributed by atoms with van der Waals surface area (Å²) in [5.41, 5.74) is 1.85. The largest absolute Gasteiger partial charge is 0.466 e. The minimum Gasteiger partial charge on any atom is -0.466 e. The van der Waals surface area contributed by atoms with E-state index in [1.54, 1.807) is 32.0 Å². The Kier molecular flexibility index (Phi) is 8.48. The van der Waals surface area contributed by atoms with Gasteiger partial charge in [-0.25, -0.2) is 4.79 Å². The molecule has 9 heteroatoms. The molecular formula is C26H28N2O7. The lowest BCUT2D eigenvalue weighted by atomic mass is 9.75. The summed E-state index contributed by atoms with van der Waals surface area (Å²) in [6.45, 7) is 3.45. The van der Waals surface area contributed by atoms with Crippen LogP contribution in [-0.4, -0.2) is 41.4 Å². The molecule has 3 unspecified atom stereocenters. The van der Waals surface area contributed by atoms with Gasteiger partial charge >= 0.3 is 11.9 Å². The first-order chi connectivity index (χ1) is 16.8. The minimum absolute atomic E-state index is 0.122. The molecule has 2 aromatic carbocycles. The second-order valence-corrected chi connectivity index (χ2v) is 8.13. The lowest BCUT2D eigenvalue weighted by Crippen LogP contribution is -2.36. The minimum atomic E-state index is -0.964. The topological polar surface area (TPSA) is 128 Å². The van der Waals surface area contributed by atoms with Crippen LogP contribution in [0.5, 0.6) is 0 Å². The third-order valence-corrected chi connectivity index (χ3v) is 5.94. The van der Waals surface area contributed by atoms with Gasteiger partial charge in [0.2, 0.25) is 0 Å². The Balaban J connectivity index is 2.11. The molecule has 3 atom stereocenters.